The Labute approximate surface area is 111 Å². The van der Waals surface area contributed by atoms with E-state index < -0.39 is 0 Å². The minimum Gasteiger partial charge on any atom is -0.323 e. The lowest BCUT2D eigenvalue weighted by Gasteiger charge is -2.12. The maximum atomic E-state index is 13.3. The summed E-state index contributed by atoms with van der Waals surface area (Å²) in [6, 6.07) is 5.18. The minimum atomic E-state index is -0.254. The van der Waals surface area contributed by atoms with Gasteiger partial charge in [0.05, 0.1) is 16.4 Å². The van der Waals surface area contributed by atoms with E-state index in [1.54, 1.807) is 6.07 Å². The highest BCUT2D eigenvalue weighted by Gasteiger charge is 2.48. The third kappa shape index (κ3) is 1.72. The summed E-state index contributed by atoms with van der Waals surface area (Å²) in [5, 5.41) is -0.170. The van der Waals surface area contributed by atoms with Crippen molar-refractivity contribution < 1.29 is 4.39 Å². The van der Waals surface area contributed by atoms with Crippen molar-refractivity contribution in [2.75, 3.05) is 0 Å². The SMILES string of the molecule is CC(Cl)c1nc2cc(F)ccc2n1C1CC1(C)C. The normalized spacial score (nSPS) is 23.3. The van der Waals surface area contributed by atoms with Gasteiger partial charge in [0.1, 0.15) is 11.6 Å². The number of benzene rings is 1. The number of hydrogen-bond donors (Lipinski definition) is 0. The first kappa shape index (κ1) is 12.0. The molecule has 2 aromatic rings. The summed E-state index contributed by atoms with van der Waals surface area (Å²) in [6.45, 7) is 6.37. The van der Waals surface area contributed by atoms with Gasteiger partial charge in [0.15, 0.2) is 0 Å². The third-order valence-electron chi connectivity index (χ3n) is 3.81. The molecule has 2 atom stereocenters. The van der Waals surface area contributed by atoms with E-state index >= 15 is 0 Å². The van der Waals surface area contributed by atoms with Crippen molar-refractivity contribution in [3.05, 3.63) is 29.8 Å². The lowest BCUT2D eigenvalue weighted by Crippen LogP contribution is -2.06. The van der Waals surface area contributed by atoms with Gasteiger partial charge in [-0.3, -0.25) is 0 Å². The molecule has 2 nitrogen and oxygen atoms in total. The number of fused-ring (bicyclic) bond motifs is 1. The van der Waals surface area contributed by atoms with Gasteiger partial charge in [-0.25, -0.2) is 9.37 Å². The zero-order chi connectivity index (χ0) is 13.1. The fourth-order valence-corrected chi connectivity index (χ4v) is 2.73. The predicted octanol–water partition coefficient (Wildman–Crippen LogP) is 4.45. The first-order valence-corrected chi connectivity index (χ1v) is 6.65. The van der Waals surface area contributed by atoms with Crippen LogP contribution in [0.15, 0.2) is 18.2 Å². The summed E-state index contributed by atoms with van der Waals surface area (Å²) in [4.78, 5) is 4.49. The van der Waals surface area contributed by atoms with Crippen molar-refractivity contribution in [2.24, 2.45) is 5.41 Å². The summed E-state index contributed by atoms with van der Waals surface area (Å²) in [7, 11) is 0. The Bertz CT molecular complexity index is 616. The summed E-state index contributed by atoms with van der Waals surface area (Å²) in [6.07, 6.45) is 1.12. The third-order valence-corrected chi connectivity index (χ3v) is 4.00. The van der Waals surface area contributed by atoms with Crippen molar-refractivity contribution in [3.63, 3.8) is 0 Å². The fraction of sp³-hybridized carbons (Fsp3) is 0.500. The molecular formula is C14H16ClFN2. The maximum absolute atomic E-state index is 13.3. The molecule has 1 aliphatic carbocycles. The highest BCUT2D eigenvalue weighted by Crippen LogP contribution is 2.57. The summed E-state index contributed by atoms with van der Waals surface area (Å²) in [5.74, 6) is 0.587. The van der Waals surface area contributed by atoms with Gasteiger partial charge in [-0.2, -0.15) is 0 Å². The molecule has 0 bridgehead atoms. The summed E-state index contributed by atoms with van der Waals surface area (Å²) >= 11 is 6.21. The molecule has 0 radical (unpaired) electrons. The van der Waals surface area contributed by atoms with Crippen molar-refractivity contribution in [2.45, 2.75) is 38.6 Å². The number of hydrogen-bond acceptors (Lipinski definition) is 1. The first-order valence-electron chi connectivity index (χ1n) is 6.21. The lowest BCUT2D eigenvalue weighted by molar-refractivity contribution is 0.535. The smallest absolute Gasteiger partial charge is 0.127 e. The number of aromatic nitrogens is 2. The average molecular weight is 267 g/mol. The molecule has 4 heteroatoms. The van der Waals surface area contributed by atoms with Crippen LogP contribution in [-0.2, 0) is 0 Å². The molecule has 0 saturated heterocycles. The van der Waals surface area contributed by atoms with Crippen LogP contribution in [0.4, 0.5) is 4.39 Å². The molecule has 96 valence electrons. The van der Waals surface area contributed by atoms with E-state index in [1.165, 1.54) is 12.1 Å². The van der Waals surface area contributed by atoms with E-state index in [0.29, 0.717) is 11.6 Å². The molecular weight excluding hydrogens is 251 g/mol. The Morgan fingerprint density at radius 1 is 1.50 bits per heavy atom. The zero-order valence-corrected chi connectivity index (χ0v) is 11.5. The fourth-order valence-electron chi connectivity index (χ4n) is 2.58. The first-order chi connectivity index (χ1) is 8.40. The van der Waals surface area contributed by atoms with Crippen molar-refractivity contribution in [3.8, 4) is 0 Å². The number of alkyl halides is 1. The van der Waals surface area contributed by atoms with Crippen LogP contribution in [0.25, 0.3) is 11.0 Å². The molecule has 0 aliphatic heterocycles. The molecule has 1 fully saturated rings. The van der Waals surface area contributed by atoms with Gasteiger partial charge in [-0.05, 0) is 30.9 Å². The van der Waals surface area contributed by atoms with Gasteiger partial charge >= 0.3 is 0 Å². The van der Waals surface area contributed by atoms with Gasteiger partial charge in [0.2, 0.25) is 0 Å². The number of imidazole rings is 1. The number of rotatable bonds is 2. The topological polar surface area (TPSA) is 17.8 Å². The Kier molecular flexibility index (Phi) is 2.46. The number of halogens is 2. The van der Waals surface area contributed by atoms with Crippen molar-refractivity contribution in [1.29, 1.82) is 0 Å². The molecule has 1 saturated carbocycles. The second-order valence-electron chi connectivity index (χ2n) is 5.80. The summed E-state index contributed by atoms with van der Waals surface area (Å²) < 4.78 is 15.5. The second kappa shape index (κ2) is 3.70. The Hall–Kier alpha value is -1.09. The van der Waals surface area contributed by atoms with Gasteiger partial charge in [0.25, 0.3) is 0 Å². The molecule has 0 spiro atoms. The molecule has 1 heterocycles. The molecule has 0 amide bonds. The van der Waals surface area contributed by atoms with E-state index in [9.17, 15) is 4.39 Å². The van der Waals surface area contributed by atoms with E-state index in [4.69, 9.17) is 11.6 Å². The summed E-state index contributed by atoms with van der Waals surface area (Å²) in [5.41, 5.74) is 1.96. The Balaban J connectivity index is 2.23. The number of nitrogens with zero attached hydrogens (tertiary/aromatic N) is 2. The minimum absolute atomic E-state index is 0.170. The molecule has 1 aromatic carbocycles. The second-order valence-corrected chi connectivity index (χ2v) is 6.45. The van der Waals surface area contributed by atoms with Gasteiger partial charge < -0.3 is 4.57 Å². The van der Waals surface area contributed by atoms with Crippen LogP contribution in [0.3, 0.4) is 0 Å². The van der Waals surface area contributed by atoms with E-state index in [0.717, 1.165) is 17.8 Å². The molecule has 3 rings (SSSR count). The molecule has 0 N–H and O–H groups in total. The molecule has 18 heavy (non-hydrogen) atoms. The highest BCUT2D eigenvalue weighted by atomic mass is 35.5. The van der Waals surface area contributed by atoms with Gasteiger partial charge in [-0.15, -0.1) is 11.6 Å². The van der Waals surface area contributed by atoms with Crippen LogP contribution < -0.4 is 0 Å². The lowest BCUT2D eigenvalue weighted by atomic mass is 10.2. The van der Waals surface area contributed by atoms with Crippen LogP contribution in [0, 0.1) is 11.2 Å². The largest absolute Gasteiger partial charge is 0.323 e. The maximum Gasteiger partial charge on any atom is 0.127 e. The van der Waals surface area contributed by atoms with Crippen LogP contribution in [0.2, 0.25) is 0 Å². The van der Waals surface area contributed by atoms with Crippen molar-refractivity contribution >= 4 is 22.6 Å². The van der Waals surface area contributed by atoms with E-state index in [1.807, 2.05) is 6.92 Å². The van der Waals surface area contributed by atoms with Gasteiger partial charge in [-0.1, -0.05) is 13.8 Å². The standard InChI is InChI=1S/C14H16ClFN2/c1-8(15)13-17-10-6-9(16)4-5-11(10)18(13)12-7-14(12,2)3/h4-6,8,12H,7H2,1-3H3. The average Bonchev–Trinajstić information content (AvgIpc) is 2.74. The predicted molar refractivity (Wildman–Crippen MR) is 71.4 cm³/mol. The van der Waals surface area contributed by atoms with Crippen LogP contribution in [0.1, 0.15) is 44.4 Å². The van der Waals surface area contributed by atoms with Crippen LogP contribution >= 0.6 is 11.6 Å². The Morgan fingerprint density at radius 2 is 2.17 bits per heavy atom. The molecule has 2 unspecified atom stereocenters. The highest BCUT2D eigenvalue weighted by molar-refractivity contribution is 6.20. The van der Waals surface area contributed by atoms with Gasteiger partial charge in [0, 0.05) is 12.1 Å². The Morgan fingerprint density at radius 3 is 2.72 bits per heavy atom. The molecule has 1 aliphatic rings. The quantitative estimate of drug-likeness (QED) is 0.735. The van der Waals surface area contributed by atoms with Crippen molar-refractivity contribution in [1.82, 2.24) is 9.55 Å². The molecule has 1 aromatic heterocycles. The van der Waals surface area contributed by atoms with E-state index in [2.05, 4.69) is 23.4 Å². The zero-order valence-electron chi connectivity index (χ0n) is 10.7. The van der Waals surface area contributed by atoms with Crippen LogP contribution in [-0.4, -0.2) is 9.55 Å². The van der Waals surface area contributed by atoms with E-state index in [-0.39, 0.29) is 16.6 Å². The monoisotopic (exact) mass is 266 g/mol. The van der Waals surface area contributed by atoms with Crippen LogP contribution in [0.5, 0.6) is 0 Å².